The molecule has 4 N–H and O–H groups in total. The third-order valence-corrected chi connectivity index (χ3v) is 3.71. The van der Waals surface area contributed by atoms with Crippen molar-refractivity contribution in [3.63, 3.8) is 0 Å². The lowest BCUT2D eigenvalue weighted by molar-refractivity contribution is 0.250. The molecule has 0 unspecified atom stereocenters. The molecular formula is C14H23N3O. The van der Waals surface area contributed by atoms with Crippen molar-refractivity contribution in [1.29, 1.82) is 0 Å². The van der Waals surface area contributed by atoms with Crippen LogP contribution in [0.25, 0.3) is 0 Å². The zero-order valence-corrected chi connectivity index (χ0v) is 11.3. The molecule has 0 bridgehead atoms. The number of hydrogen-bond donors (Lipinski definition) is 2. The average Bonchev–Trinajstić information content (AvgIpc) is 2.37. The van der Waals surface area contributed by atoms with Gasteiger partial charge in [0.05, 0.1) is 18.0 Å². The van der Waals surface area contributed by atoms with Crippen LogP contribution in [0, 0.1) is 0 Å². The number of benzene rings is 1. The molecule has 1 aromatic rings. The first-order valence-electron chi connectivity index (χ1n) is 6.62. The first kappa shape index (κ1) is 13.0. The van der Waals surface area contributed by atoms with E-state index in [4.69, 9.17) is 16.2 Å². The molecule has 4 heteroatoms. The topological polar surface area (TPSA) is 64.5 Å². The number of hydrogen-bond acceptors (Lipinski definition) is 4. The highest BCUT2D eigenvalue weighted by molar-refractivity contribution is 5.73. The molecule has 0 radical (unpaired) electrons. The molecule has 1 saturated heterocycles. The van der Waals surface area contributed by atoms with E-state index in [1.54, 1.807) is 0 Å². The number of nitrogens with zero attached hydrogens (tertiary/aromatic N) is 1. The number of ether oxygens (including phenoxy) is 1. The Labute approximate surface area is 109 Å². The van der Waals surface area contributed by atoms with Crippen LogP contribution in [0.4, 0.5) is 11.4 Å². The highest BCUT2D eigenvalue weighted by Gasteiger charge is 2.23. The molecule has 1 aliphatic heterocycles. The fraction of sp³-hybridized carbons (Fsp3) is 0.571. The van der Waals surface area contributed by atoms with Gasteiger partial charge in [-0.1, -0.05) is 6.07 Å². The molecule has 1 aromatic carbocycles. The number of nitrogens with two attached hydrogens (primary N) is 2. The maximum atomic E-state index is 6.04. The molecule has 0 aromatic heterocycles. The van der Waals surface area contributed by atoms with E-state index in [1.807, 2.05) is 13.0 Å². The fourth-order valence-electron chi connectivity index (χ4n) is 2.58. The minimum absolute atomic E-state index is 0.533. The van der Waals surface area contributed by atoms with Gasteiger partial charge < -0.3 is 21.1 Å². The predicted octanol–water partition coefficient (Wildman–Crippen LogP) is 2.06. The van der Waals surface area contributed by atoms with Crippen LogP contribution in [0.5, 0.6) is 5.75 Å². The number of rotatable bonds is 3. The molecule has 0 amide bonds. The van der Waals surface area contributed by atoms with Gasteiger partial charge in [0.25, 0.3) is 0 Å². The van der Waals surface area contributed by atoms with E-state index in [0.29, 0.717) is 23.9 Å². The van der Waals surface area contributed by atoms with Gasteiger partial charge in [-0.05, 0) is 57.5 Å². The van der Waals surface area contributed by atoms with Gasteiger partial charge in [0, 0.05) is 0 Å². The van der Waals surface area contributed by atoms with E-state index in [0.717, 1.165) is 31.7 Å². The minimum Gasteiger partial charge on any atom is -0.491 e. The molecule has 1 fully saturated rings. The van der Waals surface area contributed by atoms with Crippen LogP contribution in [-0.2, 0) is 0 Å². The molecule has 0 atom stereocenters. The standard InChI is InChI=1S/C14H23N3O/c1-3-18-14-11(4-5-12(15)13(14)16)10-6-8-17(2)9-7-10/h4-5,10H,3,6-9,15-16H2,1-2H3. The lowest BCUT2D eigenvalue weighted by Crippen LogP contribution is -2.29. The Morgan fingerprint density at radius 3 is 2.56 bits per heavy atom. The molecule has 0 spiro atoms. The minimum atomic E-state index is 0.533. The van der Waals surface area contributed by atoms with Gasteiger partial charge in [0.1, 0.15) is 5.75 Å². The van der Waals surface area contributed by atoms with Crippen molar-refractivity contribution in [3.05, 3.63) is 17.7 Å². The Morgan fingerprint density at radius 2 is 1.94 bits per heavy atom. The Kier molecular flexibility index (Phi) is 3.97. The van der Waals surface area contributed by atoms with Gasteiger partial charge in [-0.25, -0.2) is 0 Å². The van der Waals surface area contributed by atoms with E-state index in [-0.39, 0.29) is 0 Å². The summed E-state index contributed by atoms with van der Waals surface area (Å²) in [5, 5.41) is 0. The summed E-state index contributed by atoms with van der Waals surface area (Å²) >= 11 is 0. The zero-order valence-electron chi connectivity index (χ0n) is 11.3. The van der Waals surface area contributed by atoms with Crippen LogP contribution in [0.1, 0.15) is 31.2 Å². The zero-order chi connectivity index (χ0) is 13.1. The maximum absolute atomic E-state index is 6.04. The highest BCUT2D eigenvalue weighted by atomic mass is 16.5. The van der Waals surface area contributed by atoms with E-state index < -0.39 is 0 Å². The summed E-state index contributed by atoms with van der Waals surface area (Å²) in [6.45, 7) is 4.84. The molecule has 2 rings (SSSR count). The molecule has 4 nitrogen and oxygen atoms in total. The molecule has 18 heavy (non-hydrogen) atoms. The monoisotopic (exact) mass is 249 g/mol. The van der Waals surface area contributed by atoms with Gasteiger partial charge in [0.15, 0.2) is 0 Å². The van der Waals surface area contributed by atoms with Crippen LogP contribution < -0.4 is 16.2 Å². The quantitative estimate of drug-likeness (QED) is 0.805. The molecule has 100 valence electrons. The summed E-state index contributed by atoms with van der Waals surface area (Å²) in [6, 6.07) is 3.97. The van der Waals surface area contributed by atoms with Crippen LogP contribution in [-0.4, -0.2) is 31.6 Å². The van der Waals surface area contributed by atoms with Gasteiger partial charge in [0.2, 0.25) is 0 Å². The predicted molar refractivity (Wildman–Crippen MR) is 75.9 cm³/mol. The molecule has 1 aliphatic rings. The normalized spacial score (nSPS) is 17.9. The maximum Gasteiger partial charge on any atom is 0.147 e. The average molecular weight is 249 g/mol. The van der Waals surface area contributed by atoms with Crippen LogP contribution in [0.2, 0.25) is 0 Å². The fourth-order valence-corrected chi connectivity index (χ4v) is 2.58. The lowest BCUT2D eigenvalue weighted by Gasteiger charge is -2.30. The first-order chi connectivity index (χ1) is 8.63. The Hall–Kier alpha value is -1.42. The van der Waals surface area contributed by atoms with Crippen molar-refractivity contribution in [2.24, 2.45) is 0 Å². The number of piperidine rings is 1. The van der Waals surface area contributed by atoms with Gasteiger partial charge >= 0.3 is 0 Å². The Balaban J connectivity index is 2.29. The number of anilines is 2. The Bertz CT molecular complexity index is 412. The van der Waals surface area contributed by atoms with Crippen molar-refractivity contribution in [2.75, 3.05) is 38.2 Å². The second-order valence-corrected chi connectivity index (χ2v) is 5.00. The van der Waals surface area contributed by atoms with Crippen LogP contribution >= 0.6 is 0 Å². The largest absolute Gasteiger partial charge is 0.491 e. The van der Waals surface area contributed by atoms with Crippen molar-refractivity contribution < 1.29 is 4.74 Å². The molecule has 0 saturated carbocycles. The third-order valence-electron chi connectivity index (χ3n) is 3.71. The second kappa shape index (κ2) is 5.48. The Morgan fingerprint density at radius 1 is 1.28 bits per heavy atom. The van der Waals surface area contributed by atoms with E-state index >= 15 is 0 Å². The van der Waals surface area contributed by atoms with Crippen molar-refractivity contribution >= 4 is 11.4 Å². The summed E-state index contributed by atoms with van der Waals surface area (Å²) in [5.74, 6) is 1.33. The van der Waals surface area contributed by atoms with Crippen LogP contribution in [0.3, 0.4) is 0 Å². The number of likely N-dealkylation sites (tertiary alicyclic amines) is 1. The van der Waals surface area contributed by atoms with Gasteiger partial charge in [-0.3, -0.25) is 0 Å². The third kappa shape index (κ3) is 2.53. The van der Waals surface area contributed by atoms with Gasteiger partial charge in [-0.2, -0.15) is 0 Å². The lowest BCUT2D eigenvalue weighted by atomic mass is 9.88. The molecule has 1 heterocycles. The smallest absolute Gasteiger partial charge is 0.147 e. The molecule has 0 aliphatic carbocycles. The van der Waals surface area contributed by atoms with E-state index in [9.17, 15) is 0 Å². The van der Waals surface area contributed by atoms with Crippen molar-refractivity contribution in [3.8, 4) is 5.75 Å². The SMILES string of the molecule is CCOc1c(C2CCN(C)CC2)ccc(N)c1N. The van der Waals surface area contributed by atoms with Gasteiger partial charge in [-0.15, -0.1) is 0 Å². The second-order valence-electron chi connectivity index (χ2n) is 5.00. The summed E-state index contributed by atoms with van der Waals surface area (Å²) in [4.78, 5) is 2.36. The first-order valence-corrected chi connectivity index (χ1v) is 6.62. The summed E-state index contributed by atoms with van der Waals surface area (Å²) in [6.07, 6.45) is 2.31. The summed E-state index contributed by atoms with van der Waals surface area (Å²) in [5.41, 5.74) is 14.3. The van der Waals surface area contributed by atoms with Crippen molar-refractivity contribution in [2.45, 2.75) is 25.7 Å². The molecular weight excluding hydrogens is 226 g/mol. The van der Waals surface area contributed by atoms with Crippen molar-refractivity contribution in [1.82, 2.24) is 4.90 Å². The summed E-state index contributed by atoms with van der Waals surface area (Å²) in [7, 11) is 2.16. The number of nitrogen functional groups attached to an aromatic ring is 2. The summed E-state index contributed by atoms with van der Waals surface area (Å²) < 4.78 is 5.71. The van der Waals surface area contributed by atoms with Crippen LogP contribution in [0.15, 0.2) is 12.1 Å². The van der Waals surface area contributed by atoms with E-state index in [2.05, 4.69) is 18.0 Å². The van der Waals surface area contributed by atoms with E-state index in [1.165, 1.54) is 5.56 Å². The highest BCUT2D eigenvalue weighted by Crippen LogP contribution is 2.39.